The Morgan fingerprint density at radius 3 is 2.71 bits per heavy atom. The maximum absolute atomic E-state index is 12.0. The Morgan fingerprint density at radius 2 is 2.14 bits per heavy atom. The van der Waals surface area contributed by atoms with Crippen LogP contribution < -0.4 is 5.73 Å². The van der Waals surface area contributed by atoms with Gasteiger partial charge in [0.05, 0.1) is 12.6 Å². The van der Waals surface area contributed by atoms with Gasteiger partial charge in [-0.1, -0.05) is 12.1 Å². The van der Waals surface area contributed by atoms with E-state index in [0.717, 1.165) is 5.56 Å². The van der Waals surface area contributed by atoms with Gasteiger partial charge in [-0.3, -0.25) is 0 Å². The van der Waals surface area contributed by atoms with E-state index in [1.807, 2.05) is 45.0 Å². The van der Waals surface area contributed by atoms with Crippen LogP contribution in [-0.2, 0) is 4.74 Å². The molecule has 2 rings (SSSR count). The summed E-state index contributed by atoms with van der Waals surface area (Å²) in [4.78, 5) is 13.6. The number of nitrogens with zero attached hydrogens (tertiary/aromatic N) is 1. The molecular formula is C16H24N2O3. The van der Waals surface area contributed by atoms with E-state index in [0.29, 0.717) is 18.7 Å². The summed E-state index contributed by atoms with van der Waals surface area (Å²) in [5.41, 5.74) is 6.98. The minimum absolute atomic E-state index is 0.00665. The number of nitrogen functional groups attached to an aromatic ring is 1. The minimum atomic E-state index is -0.604. The van der Waals surface area contributed by atoms with Gasteiger partial charge in [0.1, 0.15) is 5.60 Å². The zero-order valence-corrected chi connectivity index (χ0v) is 12.9. The third-order valence-electron chi connectivity index (χ3n) is 3.57. The van der Waals surface area contributed by atoms with E-state index in [9.17, 15) is 9.90 Å². The van der Waals surface area contributed by atoms with E-state index >= 15 is 0 Å². The van der Waals surface area contributed by atoms with E-state index < -0.39 is 11.7 Å². The first-order chi connectivity index (χ1) is 9.76. The molecule has 116 valence electrons. The predicted octanol–water partition coefficient (Wildman–Crippen LogP) is 2.35. The number of benzene rings is 1. The highest BCUT2D eigenvalue weighted by molar-refractivity contribution is 5.68. The SMILES string of the molecule is CC(C)(C)OC(=O)N1CC[C@@H](c2cccc(N)c2)[C@@H](O)C1. The van der Waals surface area contributed by atoms with Crippen LogP contribution in [0.15, 0.2) is 24.3 Å². The fraction of sp³-hybridized carbons (Fsp3) is 0.562. The zero-order chi connectivity index (χ0) is 15.6. The molecule has 0 bridgehead atoms. The lowest BCUT2D eigenvalue weighted by molar-refractivity contribution is -0.00151. The van der Waals surface area contributed by atoms with Gasteiger partial charge >= 0.3 is 6.09 Å². The van der Waals surface area contributed by atoms with Crippen molar-refractivity contribution in [1.82, 2.24) is 4.90 Å². The van der Waals surface area contributed by atoms with Crippen molar-refractivity contribution in [1.29, 1.82) is 0 Å². The van der Waals surface area contributed by atoms with Crippen molar-refractivity contribution >= 4 is 11.8 Å². The minimum Gasteiger partial charge on any atom is -0.444 e. The third-order valence-corrected chi connectivity index (χ3v) is 3.57. The number of rotatable bonds is 1. The van der Waals surface area contributed by atoms with Crippen LogP contribution in [0.4, 0.5) is 10.5 Å². The van der Waals surface area contributed by atoms with E-state index in [1.54, 1.807) is 4.90 Å². The molecule has 0 saturated carbocycles. The monoisotopic (exact) mass is 292 g/mol. The van der Waals surface area contributed by atoms with Gasteiger partial charge in [0.15, 0.2) is 0 Å². The number of anilines is 1. The molecule has 0 aliphatic carbocycles. The molecular weight excluding hydrogens is 268 g/mol. The highest BCUT2D eigenvalue weighted by Crippen LogP contribution is 2.30. The largest absolute Gasteiger partial charge is 0.444 e. The first-order valence-electron chi connectivity index (χ1n) is 7.28. The Kier molecular flexibility index (Phi) is 4.42. The Labute approximate surface area is 125 Å². The van der Waals surface area contributed by atoms with Crippen molar-refractivity contribution < 1.29 is 14.6 Å². The molecule has 1 amide bonds. The number of carbonyl (C=O) groups excluding carboxylic acids is 1. The molecule has 2 atom stereocenters. The quantitative estimate of drug-likeness (QED) is 0.779. The van der Waals surface area contributed by atoms with Gasteiger partial charge in [-0.15, -0.1) is 0 Å². The number of β-amino-alcohol motifs (C(OH)–C–C–N with tert-alkyl or cyclic N) is 1. The second-order valence-electron chi connectivity index (χ2n) is 6.56. The lowest BCUT2D eigenvalue weighted by atomic mass is 9.87. The van der Waals surface area contributed by atoms with Crippen LogP contribution in [0.1, 0.15) is 38.7 Å². The molecule has 0 radical (unpaired) electrons. The Morgan fingerprint density at radius 1 is 1.43 bits per heavy atom. The third kappa shape index (κ3) is 4.11. The molecule has 1 aliphatic rings. The molecule has 1 aromatic carbocycles. The van der Waals surface area contributed by atoms with Crippen molar-refractivity contribution in [2.45, 2.75) is 44.8 Å². The Hall–Kier alpha value is -1.75. The summed E-state index contributed by atoms with van der Waals surface area (Å²) in [5, 5.41) is 10.3. The second-order valence-corrected chi connectivity index (χ2v) is 6.56. The van der Waals surface area contributed by atoms with Crippen LogP contribution in [-0.4, -0.2) is 40.9 Å². The van der Waals surface area contributed by atoms with E-state index in [2.05, 4.69) is 0 Å². The van der Waals surface area contributed by atoms with E-state index in [1.165, 1.54) is 0 Å². The summed E-state index contributed by atoms with van der Waals surface area (Å²) >= 11 is 0. The number of aliphatic hydroxyl groups excluding tert-OH is 1. The summed E-state index contributed by atoms with van der Waals surface area (Å²) < 4.78 is 5.34. The summed E-state index contributed by atoms with van der Waals surface area (Å²) in [6.45, 7) is 6.36. The molecule has 0 aromatic heterocycles. The maximum atomic E-state index is 12.0. The van der Waals surface area contributed by atoms with Gasteiger partial charge < -0.3 is 20.5 Å². The number of hydrogen-bond donors (Lipinski definition) is 2. The zero-order valence-electron chi connectivity index (χ0n) is 12.9. The number of nitrogens with two attached hydrogens (primary N) is 1. The van der Waals surface area contributed by atoms with Crippen LogP contribution in [0.5, 0.6) is 0 Å². The fourth-order valence-corrected chi connectivity index (χ4v) is 2.60. The van der Waals surface area contributed by atoms with Crippen LogP contribution >= 0.6 is 0 Å². The van der Waals surface area contributed by atoms with Crippen molar-refractivity contribution in [2.24, 2.45) is 0 Å². The Bertz CT molecular complexity index is 510. The van der Waals surface area contributed by atoms with Crippen molar-refractivity contribution in [2.75, 3.05) is 18.8 Å². The summed E-state index contributed by atoms with van der Waals surface area (Å²) in [6, 6.07) is 7.56. The van der Waals surface area contributed by atoms with Gasteiger partial charge in [0, 0.05) is 18.2 Å². The second kappa shape index (κ2) is 5.93. The van der Waals surface area contributed by atoms with Gasteiger partial charge in [0.2, 0.25) is 0 Å². The number of hydrogen-bond acceptors (Lipinski definition) is 4. The lowest BCUT2D eigenvalue weighted by Crippen LogP contribution is -2.47. The smallest absolute Gasteiger partial charge is 0.410 e. The van der Waals surface area contributed by atoms with Gasteiger partial charge in [0.25, 0.3) is 0 Å². The van der Waals surface area contributed by atoms with Crippen LogP contribution in [0, 0.1) is 0 Å². The first-order valence-corrected chi connectivity index (χ1v) is 7.28. The summed E-state index contributed by atoms with van der Waals surface area (Å²) in [6.07, 6.45) is -0.273. The molecule has 5 nitrogen and oxygen atoms in total. The van der Waals surface area contributed by atoms with Gasteiger partial charge in [-0.05, 0) is 44.9 Å². The number of ether oxygens (including phenoxy) is 1. The Balaban J connectivity index is 2.01. The van der Waals surface area contributed by atoms with Crippen LogP contribution in [0.25, 0.3) is 0 Å². The first kappa shape index (κ1) is 15.6. The number of piperidine rings is 1. The number of amides is 1. The van der Waals surface area contributed by atoms with E-state index in [-0.39, 0.29) is 18.6 Å². The molecule has 1 aliphatic heterocycles. The predicted molar refractivity (Wildman–Crippen MR) is 82.0 cm³/mol. The van der Waals surface area contributed by atoms with Crippen molar-refractivity contribution in [3.05, 3.63) is 29.8 Å². The van der Waals surface area contributed by atoms with E-state index in [4.69, 9.17) is 10.5 Å². The summed E-state index contributed by atoms with van der Waals surface area (Å²) in [5.74, 6) is 0.00665. The molecule has 0 unspecified atom stereocenters. The van der Waals surface area contributed by atoms with Gasteiger partial charge in [-0.25, -0.2) is 4.79 Å². The standard InChI is InChI=1S/C16H24N2O3/c1-16(2,3)21-15(20)18-8-7-13(14(19)10-18)11-5-4-6-12(17)9-11/h4-6,9,13-14,19H,7-8,10,17H2,1-3H3/t13-,14-/m0/s1. The number of likely N-dealkylation sites (tertiary alicyclic amines) is 1. The van der Waals surface area contributed by atoms with Crippen molar-refractivity contribution in [3.63, 3.8) is 0 Å². The highest BCUT2D eigenvalue weighted by atomic mass is 16.6. The van der Waals surface area contributed by atoms with Crippen LogP contribution in [0.3, 0.4) is 0 Å². The topological polar surface area (TPSA) is 75.8 Å². The molecule has 3 N–H and O–H groups in total. The molecule has 5 heteroatoms. The normalized spacial score (nSPS) is 23.0. The number of carbonyl (C=O) groups is 1. The average molecular weight is 292 g/mol. The molecule has 21 heavy (non-hydrogen) atoms. The lowest BCUT2D eigenvalue weighted by Gasteiger charge is -2.37. The molecule has 1 fully saturated rings. The van der Waals surface area contributed by atoms with Crippen LogP contribution in [0.2, 0.25) is 0 Å². The maximum Gasteiger partial charge on any atom is 0.410 e. The number of aliphatic hydroxyl groups is 1. The fourth-order valence-electron chi connectivity index (χ4n) is 2.60. The van der Waals surface area contributed by atoms with Gasteiger partial charge in [-0.2, -0.15) is 0 Å². The molecule has 1 saturated heterocycles. The average Bonchev–Trinajstić information content (AvgIpc) is 2.36. The summed E-state index contributed by atoms with van der Waals surface area (Å²) in [7, 11) is 0. The molecule has 1 aromatic rings. The molecule has 1 heterocycles. The van der Waals surface area contributed by atoms with Crippen molar-refractivity contribution in [3.8, 4) is 0 Å². The molecule has 0 spiro atoms. The highest BCUT2D eigenvalue weighted by Gasteiger charge is 2.33.